The van der Waals surface area contributed by atoms with Gasteiger partial charge in [0.25, 0.3) is 0 Å². The number of pyridine rings is 1. The molecule has 0 radical (unpaired) electrons. The molecule has 2 heteroatoms. The Morgan fingerprint density at radius 2 is 2.29 bits per heavy atom. The molecule has 2 rings (SSSR count). The predicted octanol–water partition coefficient (Wildman–Crippen LogP) is 3.48. The molecule has 1 aliphatic rings. The Morgan fingerprint density at radius 1 is 1.47 bits per heavy atom. The van der Waals surface area contributed by atoms with E-state index in [1.165, 1.54) is 30.4 Å². The van der Waals surface area contributed by atoms with E-state index in [9.17, 15) is 0 Å². The summed E-state index contributed by atoms with van der Waals surface area (Å²) in [4.78, 5) is 4.30. The second kappa shape index (κ2) is 5.63. The quantitative estimate of drug-likeness (QED) is 0.859. The first kappa shape index (κ1) is 12.6. The molecule has 1 N–H and O–H groups in total. The zero-order valence-corrected chi connectivity index (χ0v) is 11.2. The average Bonchev–Trinajstić information content (AvgIpc) is 2.74. The van der Waals surface area contributed by atoms with Gasteiger partial charge in [0.2, 0.25) is 0 Å². The SMILES string of the molecule is CCNC(c1cnccc1C)C1CCC(C)C1. The van der Waals surface area contributed by atoms with E-state index < -0.39 is 0 Å². The van der Waals surface area contributed by atoms with Gasteiger partial charge in [0.15, 0.2) is 0 Å². The van der Waals surface area contributed by atoms with Gasteiger partial charge >= 0.3 is 0 Å². The molecule has 0 spiro atoms. The van der Waals surface area contributed by atoms with Gasteiger partial charge in [-0.25, -0.2) is 0 Å². The van der Waals surface area contributed by atoms with Crippen molar-refractivity contribution < 1.29 is 0 Å². The molecule has 0 aromatic carbocycles. The normalized spacial score (nSPS) is 26.1. The van der Waals surface area contributed by atoms with E-state index >= 15 is 0 Å². The molecular weight excluding hydrogens is 208 g/mol. The molecule has 2 nitrogen and oxygen atoms in total. The maximum atomic E-state index is 4.30. The third kappa shape index (κ3) is 2.86. The highest BCUT2D eigenvalue weighted by Gasteiger charge is 2.30. The monoisotopic (exact) mass is 232 g/mol. The van der Waals surface area contributed by atoms with E-state index in [0.717, 1.165) is 18.4 Å². The van der Waals surface area contributed by atoms with E-state index in [4.69, 9.17) is 0 Å². The van der Waals surface area contributed by atoms with Crippen molar-refractivity contribution in [2.75, 3.05) is 6.54 Å². The molecule has 1 saturated carbocycles. The molecule has 1 aliphatic carbocycles. The highest BCUT2D eigenvalue weighted by atomic mass is 14.9. The van der Waals surface area contributed by atoms with E-state index in [1.54, 1.807) is 0 Å². The van der Waals surface area contributed by atoms with Gasteiger partial charge in [-0.1, -0.05) is 20.3 Å². The molecule has 0 saturated heterocycles. The molecule has 3 atom stereocenters. The minimum absolute atomic E-state index is 0.499. The fourth-order valence-corrected chi connectivity index (χ4v) is 3.11. The smallest absolute Gasteiger partial charge is 0.0366 e. The lowest BCUT2D eigenvalue weighted by Crippen LogP contribution is -2.28. The van der Waals surface area contributed by atoms with Crippen LogP contribution in [-0.4, -0.2) is 11.5 Å². The highest BCUT2D eigenvalue weighted by molar-refractivity contribution is 5.26. The summed E-state index contributed by atoms with van der Waals surface area (Å²) in [7, 11) is 0. The Hall–Kier alpha value is -0.890. The zero-order chi connectivity index (χ0) is 12.3. The molecule has 0 bridgehead atoms. The van der Waals surface area contributed by atoms with Crippen molar-refractivity contribution >= 4 is 0 Å². The van der Waals surface area contributed by atoms with Crippen molar-refractivity contribution in [1.82, 2.24) is 10.3 Å². The Bertz CT molecular complexity index is 362. The third-order valence-electron chi connectivity index (χ3n) is 4.05. The maximum Gasteiger partial charge on any atom is 0.0366 e. The van der Waals surface area contributed by atoms with E-state index in [0.29, 0.717) is 6.04 Å². The Balaban J connectivity index is 2.20. The molecular formula is C15H24N2. The molecule has 94 valence electrons. The molecule has 1 heterocycles. The van der Waals surface area contributed by atoms with Crippen LogP contribution in [0.5, 0.6) is 0 Å². The van der Waals surface area contributed by atoms with Crippen LogP contribution in [-0.2, 0) is 0 Å². The van der Waals surface area contributed by atoms with Crippen LogP contribution in [0.4, 0.5) is 0 Å². The van der Waals surface area contributed by atoms with Crippen LogP contribution in [0.15, 0.2) is 18.5 Å². The van der Waals surface area contributed by atoms with Crippen LogP contribution in [0.25, 0.3) is 0 Å². The summed E-state index contributed by atoms with van der Waals surface area (Å²) in [6, 6.07) is 2.62. The van der Waals surface area contributed by atoms with Crippen LogP contribution in [0.1, 0.15) is 50.3 Å². The second-order valence-corrected chi connectivity index (χ2v) is 5.45. The van der Waals surface area contributed by atoms with Gasteiger partial charge in [-0.3, -0.25) is 4.98 Å². The van der Waals surface area contributed by atoms with Crippen LogP contribution in [0, 0.1) is 18.8 Å². The standard InChI is InChI=1S/C15H24N2/c1-4-17-15(13-6-5-11(2)9-13)14-10-16-8-7-12(14)3/h7-8,10-11,13,15,17H,4-6,9H2,1-3H3. The van der Waals surface area contributed by atoms with Crippen molar-refractivity contribution in [3.8, 4) is 0 Å². The second-order valence-electron chi connectivity index (χ2n) is 5.45. The molecule has 0 amide bonds. The molecule has 3 unspecified atom stereocenters. The van der Waals surface area contributed by atoms with Gasteiger partial charge in [-0.05, 0) is 55.3 Å². The molecule has 1 aromatic heterocycles. The van der Waals surface area contributed by atoms with Gasteiger partial charge in [0, 0.05) is 18.4 Å². The average molecular weight is 232 g/mol. The van der Waals surface area contributed by atoms with Crippen molar-refractivity contribution in [2.45, 2.75) is 46.1 Å². The van der Waals surface area contributed by atoms with Crippen molar-refractivity contribution in [2.24, 2.45) is 11.8 Å². The summed E-state index contributed by atoms with van der Waals surface area (Å²) in [5.74, 6) is 1.67. The Morgan fingerprint density at radius 3 is 2.88 bits per heavy atom. The van der Waals surface area contributed by atoms with Crippen LogP contribution in [0.3, 0.4) is 0 Å². The van der Waals surface area contributed by atoms with E-state index in [-0.39, 0.29) is 0 Å². The summed E-state index contributed by atoms with van der Waals surface area (Å²) in [5, 5.41) is 3.66. The summed E-state index contributed by atoms with van der Waals surface area (Å²) >= 11 is 0. The fourth-order valence-electron chi connectivity index (χ4n) is 3.11. The number of rotatable bonds is 4. The lowest BCUT2D eigenvalue weighted by Gasteiger charge is -2.26. The number of nitrogens with zero attached hydrogens (tertiary/aromatic N) is 1. The number of nitrogens with one attached hydrogen (secondary N) is 1. The van der Waals surface area contributed by atoms with Gasteiger partial charge < -0.3 is 5.32 Å². The molecule has 0 aliphatic heterocycles. The third-order valence-corrected chi connectivity index (χ3v) is 4.05. The summed E-state index contributed by atoms with van der Waals surface area (Å²) < 4.78 is 0. The van der Waals surface area contributed by atoms with Gasteiger partial charge in [-0.15, -0.1) is 0 Å². The topological polar surface area (TPSA) is 24.9 Å². The first-order valence-corrected chi connectivity index (χ1v) is 6.86. The number of hydrogen-bond donors (Lipinski definition) is 1. The van der Waals surface area contributed by atoms with E-state index in [2.05, 4.69) is 37.1 Å². The zero-order valence-electron chi connectivity index (χ0n) is 11.2. The Labute approximate surface area is 105 Å². The molecule has 1 fully saturated rings. The largest absolute Gasteiger partial charge is 0.310 e. The van der Waals surface area contributed by atoms with E-state index in [1.807, 2.05) is 12.4 Å². The van der Waals surface area contributed by atoms with Gasteiger partial charge in [0.05, 0.1) is 0 Å². The van der Waals surface area contributed by atoms with Crippen molar-refractivity contribution in [3.63, 3.8) is 0 Å². The minimum atomic E-state index is 0.499. The lowest BCUT2D eigenvalue weighted by molar-refractivity contribution is 0.363. The summed E-state index contributed by atoms with van der Waals surface area (Å²) in [6.07, 6.45) is 8.02. The number of hydrogen-bond acceptors (Lipinski definition) is 2. The first-order chi connectivity index (χ1) is 8.22. The van der Waals surface area contributed by atoms with Crippen LogP contribution >= 0.6 is 0 Å². The molecule has 1 aromatic rings. The number of aromatic nitrogens is 1. The van der Waals surface area contributed by atoms with Crippen molar-refractivity contribution in [3.05, 3.63) is 29.6 Å². The van der Waals surface area contributed by atoms with Crippen LogP contribution in [0.2, 0.25) is 0 Å². The van der Waals surface area contributed by atoms with Gasteiger partial charge in [-0.2, -0.15) is 0 Å². The number of aryl methyl sites for hydroxylation is 1. The lowest BCUT2D eigenvalue weighted by atomic mass is 9.89. The summed E-state index contributed by atoms with van der Waals surface area (Å²) in [5.41, 5.74) is 2.76. The van der Waals surface area contributed by atoms with Crippen LogP contribution < -0.4 is 5.32 Å². The minimum Gasteiger partial charge on any atom is -0.310 e. The predicted molar refractivity (Wildman–Crippen MR) is 71.9 cm³/mol. The first-order valence-electron chi connectivity index (χ1n) is 6.86. The Kier molecular flexibility index (Phi) is 4.16. The maximum absolute atomic E-state index is 4.30. The summed E-state index contributed by atoms with van der Waals surface area (Å²) in [6.45, 7) is 7.79. The fraction of sp³-hybridized carbons (Fsp3) is 0.667. The highest BCUT2D eigenvalue weighted by Crippen LogP contribution is 2.39. The van der Waals surface area contributed by atoms with Gasteiger partial charge in [0.1, 0.15) is 0 Å². The molecule has 17 heavy (non-hydrogen) atoms. The van der Waals surface area contributed by atoms with Crippen molar-refractivity contribution in [1.29, 1.82) is 0 Å².